The second kappa shape index (κ2) is 27.5. The molecule has 0 bridgehead atoms. The lowest BCUT2D eigenvalue weighted by molar-refractivity contribution is -0.161. The number of esters is 5. The van der Waals surface area contributed by atoms with Crippen molar-refractivity contribution in [3.63, 3.8) is 0 Å². The van der Waals surface area contributed by atoms with Gasteiger partial charge < -0.3 is 95.2 Å². The number of fused-ring (bicyclic) bond motifs is 15. The van der Waals surface area contributed by atoms with Crippen LogP contribution in [-0.2, 0) is 57.2 Å². The number of Topliss-reactive ketones (excluding diaryl/α,β-unsaturated/α-hetero) is 2. The number of ether oxygens (including phenoxy) is 5. The van der Waals surface area contributed by atoms with Crippen molar-refractivity contribution in [3.05, 3.63) is 122 Å². The quantitative estimate of drug-likeness (QED) is 0.0757. The summed E-state index contributed by atoms with van der Waals surface area (Å²) in [5.74, 6) is -9.39. The molecule has 15 aliphatic rings. The number of hydrogen-bond donors (Lipinski definition) is 14. The minimum atomic E-state index is -2.12. The third-order valence-corrected chi connectivity index (χ3v) is 25.9. The van der Waals surface area contributed by atoms with Crippen molar-refractivity contribution in [3.8, 4) is 0 Å². The molecule has 5 heterocycles. The second-order valence-corrected chi connectivity index (χ2v) is 31.1. The van der Waals surface area contributed by atoms with Gasteiger partial charge in [-0.05, 0) is 104 Å². The van der Waals surface area contributed by atoms with Gasteiger partial charge in [0.05, 0.1) is 98.2 Å². The first kappa shape index (κ1) is 75.7. The summed E-state index contributed by atoms with van der Waals surface area (Å²) in [4.78, 5) is 83.2. The van der Waals surface area contributed by atoms with E-state index in [-0.39, 0.29) is 107 Å². The summed E-state index contributed by atoms with van der Waals surface area (Å²) in [6.45, 7) is 40.3. The Morgan fingerprint density at radius 1 is 0.366 bits per heavy atom. The number of aliphatic hydroxyl groups excluding tert-OH is 11. The lowest BCUT2D eigenvalue weighted by Crippen LogP contribution is -2.51. The molecule has 33 atom stereocenters. The zero-order valence-electron chi connectivity index (χ0n) is 56.7. The normalized spacial score (nSPS) is 48.2. The summed E-state index contributed by atoms with van der Waals surface area (Å²) in [7, 11) is 0. The summed E-state index contributed by atoms with van der Waals surface area (Å²) < 4.78 is 26.7. The topological polar surface area (TPSA) is 449 Å². The van der Waals surface area contributed by atoms with Crippen LogP contribution in [0.3, 0.4) is 0 Å². The average molecular weight is 1410 g/mol. The Labute approximate surface area is 584 Å². The fourth-order valence-electron chi connectivity index (χ4n) is 20.3. The van der Waals surface area contributed by atoms with Crippen LogP contribution in [-0.4, -0.2) is 229 Å². The van der Waals surface area contributed by atoms with Crippen molar-refractivity contribution in [2.45, 2.75) is 174 Å². The van der Waals surface area contributed by atoms with Crippen LogP contribution in [0.2, 0.25) is 0 Å². The summed E-state index contributed by atoms with van der Waals surface area (Å²) in [6, 6.07) is 0. The molecule has 0 amide bonds. The maximum atomic E-state index is 12.0. The Kier molecular flexibility index (Phi) is 20.6. The van der Waals surface area contributed by atoms with Crippen molar-refractivity contribution in [2.75, 3.05) is 19.8 Å². The molecule has 33 unspecified atom stereocenters. The van der Waals surface area contributed by atoms with Crippen LogP contribution in [0.4, 0.5) is 0 Å². The molecule has 552 valence electrons. The van der Waals surface area contributed by atoms with E-state index in [2.05, 4.69) is 65.8 Å². The molecule has 26 heteroatoms. The van der Waals surface area contributed by atoms with Crippen molar-refractivity contribution in [2.24, 2.45) is 101 Å². The van der Waals surface area contributed by atoms with Gasteiger partial charge in [-0.15, -0.1) is 0 Å². The molecule has 0 aromatic carbocycles. The van der Waals surface area contributed by atoms with Gasteiger partial charge in [0.25, 0.3) is 0 Å². The standard InChI is InChI=1S/C15H22O6.2C15H20O6.C15H18O4.C15H16O4/c3*1-6-3-10(18)12-13(21-14(19)15(12,20)5-16)11-7(2)9(17)4-8(6)11;2*1-6-4-11(17)13-8(3)15(18)19-14(13)12-7(2)10(16)5-9(6)12/h7-13,16-18,20H,1,3-5H2,2H3;7-8,10-13,16,18,20H,1,3-5H2,2H3;8-13,16-18,20H,1-5H2;9-14,16-17H,1-5H2;9,11-14,17H,1-5H2. The molecule has 101 heavy (non-hydrogen) atoms. The van der Waals surface area contributed by atoms with E-state index in [1.165, 1.54) is 0 Å². The highest BCUT2D eigenvalue weighted by Crippen LogP contribution is 2.58. The minimum Gasteiger partial charge on any atom is -0.459 e. The van der Waals surface area contributed by atoms with E-state index in [0.717, 1.165) is 27.9 Å². The number of hydrogen-bond acceptors (Lipinski definition) is 26. The number of rotatable bonds is 3. The van der Waals surface area contributed by atoms with Crippen LogP contribution < -0.4 is 0 Å². The Bertz CT molecular complexity index is 3570. The van der Waals surface area contributed by atoms with E-state index in [1.807, 2.05) is 6.92 Å². The maximum Gasteiger partial charge on any atom is 0.341 e. The highest BCUT2D eigenvalue weighted by Gasteiger charge is 2.69. The first-order valence-electron chi connectivity index (χ1n) is 34.6. The average Bonchev–Trinajstić information content (AvgIpc) is 1.62. The lowest BCUT2D eigenvalue weighted by Gasteiger charge is -2.32. The van der Waals surface area contributed by atoms with Crippen LogP contribution in [0.25, 0.3) is 0 Å². The molecular formula is C75H96O26. The summed E-state index contributed by atoms with van der Waals surface area (Å²) in [5, 5.41) is 141. The van der Waals surface area contributed by atoms with Gasteiger partial charge in [-0.2, -0.15) is 0 Å². The lowest BCUT2D eigenvalue weighted by atomic mass is 9.75. The first-order chi connectivity index (χ1) is 47.2. The number of ketones is 2. The van der Waals surface area contributed by atoms with E-state index in [9.17, 15) is 105 Å². The van der Waals surface area contributed by atoms with Crippen LogP contribution in [0.5, 0.6) is 0 Å². The molecule has 14 N–H and O–H groups in total. The fourth-order valence-corrected chi connectivity index (χ4v) is 20.3. The van der Waals surface area contributed by atoms with Crippen LogP contribution >= 0.6 is 0 Å². The maximum absolute atomic E-state index is 12.0. The van der Waals surface area contributed by atoms with E-state index >= 15 is 0 Å². The molecule has 26 nitrogen and oxygen atoms in total. The summed E-state index contributed by atoms with van der Waals surface area (Å²) in [5.41, 5.74) is 0.0307. The number of aliphatic hydroxyl groups is 14. The van der Waals surface area contributed by atoms with Gasteiger partial charge >= 0.3 is 29.8 Å². The Morgan fingerprint density at radius 3 is 1.16 bits per heavy atom. The zero-order valence-corrected chi connectivity index (χ0v) is 56.7. The van der Waals surface area contributed by atoms with Gasteiger partial charge in [-0.25, -0.2) is 24.0 Å². The van der Waals surface area contributed by atoms with Crippen molar-refractivity contribution < 1.29 is 129 Å². The molecule has 5 aliphatic heterocycles. The fraction of sp³-hybridized carbons (Fsp3) is 0.640. The molecule has 5 saturated heterocycles. The molecule has 0 aromatic rings. The Balaban J connectivity index is 0.000000127. The van der Waals surface area contributed by atoms with E-state index < -0.39 is 175 Å². The van der Waals surface area contributed by atoms with Gasteiger partial charge in [-0.1, -0.05) is 108 Å². The van der Waals surface area contributed by atoms with E-state index in [4.69, 9.17) is 23.7 Å². The molecule has 0 aromatic heterocycles. The highest BCUT2D eigenvalue weighted by molar-refractivity contribution is 5.99. The zero-order chi connectivity index (χ0) is 74.4. The smallest absolute Gasteiger partial charge is 0.341 e. The predicted octanol–water partition coefficient (Wildman–Crippen LogP) is -0.131. The van der Waals surface area contributed by atoms with Crippen molar-refractivity contribution >= 4 is 41.4 Å². The highest BCUT2D eigenvalue weighted by atomic mass is 16.6. The minimum absolute atomic E-state index is 0.000138. The van der Waals surface area contributed by atoms with E-state index in [1.54, 1.807) is 6.92 Å². The molecule has 15 fully saturated rings. The molecule has 10 aliphatic carbocycles. The molecular weight excluding hydrogens is 1320 g/mol. The summed E-state index contributed by atoms with van der Waals surface area (Å²) in [6.07, 6.45) is -6.02. The molecule has 15 rings (SSSR count). The SMILES string of the molecule is C=C1CC(O)C2C(=C)C(=O)OC2C2C(=C)C(=O)CC12.C=C1CC(O)C2C(=C)C(=O)OC2C2C(=C)C(O)CC12.C=C1CC(O)C2C(OC(=O)C2(O)CO)C2C(=C)C(O)CC12.C=C1CC(O)C2C(OC(=O)C2(O)CO)C2C(C)C(=O)CC12.C=C1CC(O)C2C(OC(=O)C2(O)CO)C2C1CC(O)C2C. The first-order valence-corrected chi connectivity index (χ1v) is 34.6. The largest absolute Gasteiger partial charge is 0.459 e. The van der Waals surface area contributed by atoms with Gasteiger partial charge in [0.15, 0.2) is 22.6 Å². The molecule has 0 spiro atoms. The Morgan fingerprint density at radius 2 is 0.723 bits per heavy atom. The monoisotopic (exact) mass is 1410 g/mol. The Hall–Kier alpha value is -6.47. The summed E-state index contributed by atoms with van der Waals surface area (Å²) >= 11 is 0. The third kappa shape index (κ3) is 12.1. The number of carbonyl (C=O) groups is 7. The van der Waals surface area contributed by atoms with Crippen LogP contribution in [0, 0.1) is 101 Å². The van der Waals surface area contributed by atoms with Crippen molar-refractivity contribution in [1.82, 2.24) is 0 Å². The van der Waals surface area contributed by atoms with Gasteiger partial charge in [-0.3, -0.25) is 9.59 Å². The predicted molar refractivity (Wildman–Crippen MR) is 352 cm³/mol. The van der Waals surface area contributed by atoms with E-state index in [0.29, 0.717) is 67.2 Å². The van der Waals surface area contributed by atoms with Gasteiger partial charge in [0.2, 0.25) is 0 Å². The van der Waals surface area contributed by atoms with Crippen molar-refractivity contribution in [1.29, 1.82) is 0 Å². The van der Waals surface area contributed by atoms with Crippen LogP contribution in [0.15, 0.2) is 122 Å². The van der Waals surface area contributed by atoms with Gasteiger partial charge in [0, 0.05) is 59.5 Å². The molecule has 10 saturated carbocycles. The second-order valence-electron chi connectivity index (χ2n) is 31.1. The number of carbonyl (C=O) groups excluding carboxylic acids is 7. The third-order valence-electron chi connectivity index (χ3n) is 25.9. The van der Waals surface area contributed by atoms with Gasteiger partial charge in [0.1, 0.15) is 36.3 Å². The van der Waals surface area contributed by atoms with Crippen LogP contribution in [0.1, 0.15) is 78.1 Å². The molecule has 0 radical (unpaired) electrons.